The zero-order chi connectivity index (χ0) is 13.8. The Bertz CT molecular complexity index is 658. The van der Waals surface area contributed by atoms with Crippen LogP contribution in [-0.2, 0) is 4.74 Å². The average molecular weight is 320 g/mol. The molecule has 0 N–H and O–H groups in total. The fourth-order valence-electron chi connectivity index (χ4n) is 1.59. The van der Waals surface area contributed by atoms with Crippen LogP contribution in [0, 0.1) is 11.3 Å². The molecular weight excluding hydrogens is 310 g/mol. The fraction of sp³-hybridized carbons (Fsp3) is 0.154. The minimum atomic E-state index is -0.428. The molecule has 2 rings (SSSR count). The maximum absolute atomic E-state index is 11.6. The lowest BCUT2D eigenvalue weighted by molar-refractivity contribution is 0.0526. The molecule has 0 aliphatic carbocycles. The van der Waals surface area contributed by atoms with Crippen molar-refractivity contribution in [3.05, 3.63) is 46.2 Å². The van der Waals surface area contributed by atoms with Gasteiger partial charge in [-0.15, -0.1) is 0 Å². The highest BCUT2D eigenvalue weighted by Crippen LogP contribution is 2.22. The third-order valence-corrected chi connectivity index (χ3v) is 3.10. The number of ether oxygens (including phenoxy) is 1. The second kappa shape index (κ2) is 5.67. The molecule has 0 aliphatic heterocycles. The lowest BCUT2D eigenvalue weighted by atomic mass is 10.2. The quantitative estimate of drug-likeness (QED) is 0.816. The van der Waals surface area contributed by atoms with Gasteiger partial charge in [0.25, 0.3) is 0 Å². The van der Waals surface area contributed by atoms with Crippen molar-refractivity contribution in [1.82, 2.24) is 9.78 Å². The summed E-state index contributed by atoms with van der Waals surface area (Å²) in [5, 5.41) is 13.2. The smallest absolute Gasteiger partial charge is 0.341 e. The van der Waals surface area contributed by atoms with Gasteiger partial charge >= 0.3 is 5.97 Å². The van der Waals surface area contributed by atoms with Crippen LogP contribution in [0.4, 0.5) is 0 Å². The predicted octanol–water partition coefficient (Wildman–Crippen LogP) is 2.68. The van der Waals surface area contributed by atoms with Crippen molar-refractivity contribution < 1.29 is 9.53 Å². The van der Waals surface area contributed by atoms with E-state index in [4.69, 9.17) is 10.00 Å². The molecule has 0 spiro atoms. The second-order valence-electron chi connectivity index (χ2n) is 3.64. The van der Waals surface area contributed by atoms with E-state index in [1.54, 1.807) is 31.3 Å². The zero-order valence-electron chi connectivity index (χ0n) is 10.1. The van der Waals surface area contributed by atoms with Gasteiger partial charge in [-0.25, -0.2) is 9.48 Å². The number of aromatic nitrogens is 2. The summed E-state index contributed by atoms with van der Waals surface area (Å²) in [6.45, 7) is 2.05. The summed E-state index contributed by atoms with van der Waals surface area (Å²) in [5.41, 5.74) is 1.42. The molecule has 1 aromatic heterocycles. The number of hydrogen-bond acceptors (Lipinski definition) is 4. The van der Waals surface area contributed by atoms with Crippen LogP contribution in [0.25, 0.3) is 5.69 Å². The maximum Gasteiger partial charge on any atom is 0.341 e. The molecule has 2 aromatic rings. The van der Waals surface area contributed by atoms with Gasteiger partial charge in [-0.2, -0.15) is 10.4 Å². The van der Waals surface area contributed by atoms with Gasteiger partial charge in [0.15, 0.2) is 0 Å². The van der Waals surface area contributed by atoms with E-state index in [1.165, 1.54) is 10.9 Å². The third-order valence-electron chi connectivity index (χ3n) is 2.44. The van der Waals surface area contributed by atoms with Crippen LogP contribution >= 0.6 is 15.9 Å². The summed E-state index contributed by atoms with van der Waals surface area (Å²) in [6.07, 6.45) is 2.96. The summed E-state index contributed by atoms with van der Waals surface area (Å²) in [4.78, 5) is 11.6. The Morgan fingerprint density at radius 1 is 1.58 bits per heavy atom. The minimum absolute atomic E-state index is 0.310. The Kier molecular flexibility index (Phi) is 3.97. The van der Waals surface area contributed by atoms with Crippen molar-refractivity contribution in [2.24, 2.45) is 0 Å². The van der Waals surface area contributed by atoms with Crippen molar-refractivity contribution in [2.45, 2.75) is 6.92 Å². The minimum Gasteiger partial charge on any atom is -0.462 e. The van der Waals surface area contributed by atoms with Crippen LogP contribution in [0.3, 0.4) is 0 Å². The number of rotatable bonds is 3. The molecule has 0 fully saturated rings. The Balaban J connectivity index is 2.42. The highest BCUT2D eigenvalue weighted by Gasteiger charge is 2.13. The molecule has 96 valence electrons. The Morgan fingerprint density at radius 3 is 3.05 bits per heavy atom. The van der Waals surface area contributed by atoms with E-state index in [0.717, 1.165) is 0 Å². The third kappa shape index (κ3) is 2.66. The van der Waals surface area contributed by atoms with Crippen molar-refractivity contribution in [1.29, 1.82) is 5.26 Å². The highest BCUT2D eigenvalue weighted by molar-refractivity contribution is 9.10. The Morgan fingerprint density at radius 2 is 2.37 bits per heavy atom. The van der Waals surface area contributed by atoms with E-state index in [-0.39, 0.29) is 0 Å². The number of carbonyl (C=O) groups is 1. The maximum atomic E-state index is 11.6. The number of halogens is 1. The normalized spacial score (nSPS) is 9.95. The number of hydrogen-bond donors (Lipinski definition) is 0. The Hall–Kier alpha value is -2.13. The molecule has 0 atom stereocenters. The van der Waals surface area contributed by atoms with Gasteiger partial charge in [-0.05, 0) is 35.0 Å². The molecule has 0 saturated heterocycles. The monoisotopic (exact) mass is 319 g/mol. The fourth-order valence-corrected chi connectivity index (χ4v) is 2.03. The van der Waals surface area contributed by atoms with Crippen LogP contribution in [0.2, 0.25) is 0 Å². The van der Waals surface area contributed by atoms with Crippen molar-refractivity contribution in [2.75, 3.05) is 6.61 Å². The van der Waals surface area contributed by atoms with Crippen LogP contribution < -0.4 is 0 Å². The molecule has 19 heavy (non-hydrogen) atoms. The number of nitriles is 1. The van der Waals surface area contributed by atoms with E-state index in [0.29, 0.717) is 27.9 Å². The summed E-state index contributed by atoms with van der Waals surface area (Å²) >= 11 is 3.31. The second-order valence-corrected chi connectivity index (χ2v) is 4.49. The van der Waals surface area contributed by atoms with Crippen molar-refractivity contribution >= 4 is 21.9 Å². The van der Waals surface area contributed by atoms with Gasteiger partial charge in [-0.3, -0.25) is 0 Å². The van der Waals surface area contributed by atoms with Gasteiger partial charge in [0.1, 0.15) is 6.07 Å². The number of nitrogens with zero attached hydrogens (tertiary/aromatic N) is 3. The number of esters is 1. The van der Waals surface area contributed by atoms with E-state index in [1.807, 2.05) is 0 Å². The van der Waals surface area contributed by atoms with Crippen LogP contribution in [0.1, 0.15) is 22.8 Å². The lowest BCUT2D eigenvalue weighted by Crippen LogP contribution is -2.03. The Labute approximate surface area is 118 Å². The van der Waals surface area contributed by atoms with Gasteiger partial charge < -0.3 is 4.74 Å². The molecule has 6 heteroatoms. The van der Waals surface area contributed by atoms with Crippen molar-refractivity contribution in [3.8, 4) is 11.8 Å². The van der Waals surface area contributed by atoms with Gasteiger partial charge in [0, 0.05) is 10.7 Å². The molecule has 0 bridgehead atoms. The highest BCUT2D eigenvalue weighted by atomic mass is 79.9. The summed E-state index contributed by atoms with van der Waals surface area (Å²) in [6, 6.07) is 7.43. The standard InChI is InChI=1S/C13H10BrN3O2/c1-2-19-13(18)9-7-16-17(8-9)12-5-3-4-11(14)10(12)6-15/h3-5,7-8H,2H2,1H3. The molecule has 0 aliphatic rings. The topological polar surface area (TPSA) is 67.9 Å². The average Bonchev–Trinajstić information content (AvgIpc) is 2.88. The first-order valence-electron chi connectivity index (χ1n) is 5.58. The van der Waals surface area contributed by atoms with Crippen LogP contribution in [-0.4, -0.2) is 22.4 Å². The van der Waals surface area contributed by atoms with Crippen LogP contribution in [0.5, 0.6) is 0 Å². The van der Waals surface area contributed by atoms with Crippen LogP contribution in [0.15, 0.2) is 35.1 Å². The molecule has 5 nitrogen and oxygen atoms in total. The molecule has 0 unspecified atom stereocenters. The number of carbonyl (C=O) groups excluding carboxylic acids is 1. The largest absolute Gasteiger partial charge is 0.462 e. The van der Waals surface area contributed by atoms with Gasteiger partial charge in [-0.1, -0.05) is 6.07 Å². The van der Waals surface area contributed by atoms with E-state index in [2.05, 4.69) is 27.1 Å². The van der Waals surface area contributed by atoms with Gasteiger partial charge in [0.2, 0.25) is 0 Å². The predicted molar refractivity (Wildman–Crippen MR) is 71.9 cm³/mol. The summed E-state index contributed by atoms with van der Waals surface area (Å²) < 4.78 is 7.05. The van der Waals surface area contributed by atoms with Gasteiger partial charge in [0.05, 0.1) is 29.6 Å². The first kappa shape index (κ1) is 13.3. The molecule has 0 saturated carbocycles. The zero-order valence-corrected chi connectivity index (χ0v) is 11.7. The lowest BCUT2D eigenvalue weighted by Gasteiger charge is -2.04. The van der Waals surface area contributed by atoms with E-state index < -0.39 is 5.97 Å². The molecule has 0 amide bonds. The molecule has 0 radical (unpaired) electrons. The molecule has 1 aromatic carbocycles. The first-order chi connectivity index (χ1) is 9.17. The summed E-state index contributed by atoms with van der Waals surface area (Å²) in [5.74, 6) is -0.428. The van der Waals surface area contributed by atoms with E-state index in [9.17, 15) is 4.79 Å². The molecule has 1 heterocycles. The SMILES string of the molecule is CCOC(=O)c1cnn(-c2cccc(Br)c2C#N)c1. The first-order valence-corrected chi connectivity index (χ1v) is 6.37. The number of benzene rings is 1. The van der Waals surface area contributed by atoms with E-state index >= 15 is 0 Å². The molecular formula is C13H10BrN3O2. The summed E-state index contributed by atoms with van der Waals surface area (Å²) in [7, 11) is 0. The van der Waals surface area contributed by atoms with Crippen molar-refractivity contribution in [3.63, 3.8) is 0 Å².